The fraction of sp³-hybridized carbons (Fsp3) is 0.222. The second kappa shape index (κ2) is 5.68. The molecule has 0 aromatic heterocycles. The van der Waals surface area contributed by atoms with E-state index in [1.807, 2.05) is 6.08 Å². The van der Waals surface area contributed by atoms with E-state index in [4.69, 9.17) is 0 Å². The molecule has 0 fully saturated rings. The Hall–Kier alpha value is -1.82. The van der Waals surface area contributed by atoms with Crippen LogP contribution in [0.15, 0.2) is 49.0 Å². The Bertz CT molecular complexity index is 532. The van der Waals surface area contributed by atoms with Crippen molar-refractivity contribution in [1.29, 1.82) is 0 Å². The Balaban J connectivity index is 2.25. The van der Waals surface area contributed by atoms with Crippen LogP contribution in [0.25, 0.3) is 6.08 Å². The Morgan fingerprint density at radius 3 is 2.28 bits per heavy atom. The van der Waals surface area contributed by atoms with Gasteiger partial charge in [0.25, 0.3) is 0 Å². The van der Waals surface area contributed by atoms with Gasteiger partial charge in [-0.1, -0.05) is 62.0 Å². The lowest BCUT2D eigenvalue weighted by Crippen LogP contribution is -1.94. The summed E-state index contributed by atoms with van der Waals surface area (Å²) in [6, 6.07) is 15.4. The molecule has 0 spiro atoms. The molecule has 0 aliphatic heterocycles. The van der Waals surface area contributed by atoms with Crippen LogP contribution in [0.2, 0.25) is 0 Å². The monoisotopic (exact) mass is 236 g/mol. The van der Waals surface area contributed by atoms with Crippen molar-refractivity contribution in [2.75, 3.05) is 0 Å². The maximum Gasteiger partial charge on any atom is -0.00229 e. The lowest BCUT2D eigenvalue weighted by atomic mass is 9.96. The predicted molar refractivity (Wildman–Crippen MR) is 79.9 cm³/mol. The van der Waals surface area contributed by atoms with Crippen LogP contribution in [0, 0.1) is 6.92 Å². The molecule has 0 nitrogen and oxygen atoms in total. The minimum atomic E-state index is 0.998. The molecular formula is C18H20. The van der Waals surface area contributed by atoms with E-state index in [9.17, 15) is 0 Å². The number of benzene rings is 2. The van der Waals surface area contributed by atoms with Crippen LogP contribution < -0.4 is 0 Å². The van der Waals surface area contributed by atoms with Crippen LogP contribution in [0.1, 0.15) is 34.7 Å². The molecule has 0 aliphatic carbocycles. The molecule has 0 saturated carbocycles. The number of aryl methyl sites for hydroxylation is 1. The lowest BCUT2D eigenvalue weighted by Gasteiger charge is -2.09. The van der Waals surface area contributed by atoms with E-state index < -0.39 is 0 Å². The van der Waals surface area contributed by atoms with Crippen molar-refractivity contribution in [3.05, 3.63) is 76.9 Å². The quantitative estimate of drug-likeness (QED) is 0.716. The van der Waals surface area contributed by atoms with E-state index in [-0.39, 0.29) is 0 Å². The Morgan fingerprint density at radius 1 is 1.00 bits per heavy atom. The minimum Gasteiger partial charge on any atom is -0.0985 e. The van der Waals surface area contributed by atoms with Gasteiger partial charge in [0, 0.05) is 0 Å². The van der Waals surface area contributed by atoms with Crippen LogP contribution in [0.5, 0.6) is 0 Å². The molecule has 18 heavy (non-hydrogen) atoms. The van der Waals surface area contributed by atoms with Crippen molar-refractivity contribution in [1.82, 2.24) is 0 Å². The van der Waals surface area contributed by atoms with E-state index in [1.165, 1.54) is 27.8 Å². The highest BCUT2D eigenvalue weighted by Gasteiger charge is 2.02. The Morgan fingerprint density at radius 2 is 1.67 bits per heavy atom. The molecular weight excluding hydrogens is 216 g/mol. The summed E-state index contributed by atoms with van der Waals surface area (Å²) in [6.07, 6.45) is 4.03. The van der Waals surface area contributed by atoms with E-state index in [2.05, 4.69) is 62.9 Å². The smallest absolute Gasteiger partial charge is 0.00229 e. The summed E-state index contributed by atoms with van der Waals surface area (Å²) >= 11 is 0. The van der Waals surface area contributed by atoms with Gasteiger partial charge in [0.15, 0.2) is 0 Å². The minimum absolute atomic E-state index is 0.998. The zero-order chi connectivity index (χ0) is 13.0. The Kier molecular flexibility index (Phi) is 3.99. The number of hydrogen-bond donors (Lipinski definition) is 0. The molecule has 0 radical (unpaired) electrons. The zero-order valence-corrected chi connectivity index (χ0v) is 11.2. The maximum atomic E-state index is 3.86. The van der Waals surface area contributed by atoms with Crippen LogP contribution in [-0.2, 0) is 12.8 Å². The number of hydrogen-bond acceptors (Lipinski definition) is 0. The van der Waals surface area contributed by atoms with Gasteiger partial charge >= 0.3 is 0 Å². The van der Waals surface area contributed by atoms with E-state index in [0.717, 1.165) is 12.8 Å². The fourth-order valence-electron chi connectivity index (χ4n) is 2.23. The van der Waals surface area contributed by atoms with Crippen molar-refractivity contribution in [2.24, 2.45) is 0 Å². The standard InChI is InChI=1S/C18H20/c1-4-15-9-11-16(12-10-15)13-18-8-6-7-17(5-2)14(18)3/h5-12H,2,4,13H2,1,3H3. The largest absolute Gasteiger partial charge is 0.0985 e. The molecule has 0 bridgehead atoms. The van der Waals surface area contributed by atoms with Gasteiger partial charge in [0.1, 0.15) is 0 Å². The second-order valence-corrected chi connectivity index (χ2v) is 4.68. The van der Waals surface area contributed by atoms with Crippen molar-refractivity contribution in [3.63, 3.8) is 0 Å². The lowest BCUT2D eigenvalue weighted by molar-refractivity contribution is 1.11. The summed E-state index contributed by atoms with van der Waals surface area (Å²) in [4.78, 5) is 0. The molecule has 0 N–H and O–H groups in total. The molecule has 0 saturated heterocycles. The number of rotatable bonds is 4. The topological polar surface area (TPSA) is 0 Å². The first kappa shape index (κ1) is 12.6. The molecule has 0 atom stereocenters. The first-order chi connectivity index (χ1) is 8.74. The molecule has 0 unspecified atom stereocenters. The molecule has 0 amide bonds. The van der Waals surface area contributed by atoms with Crippen LogP contribution in [0.4, 0.5) is 0 Å². The van der Waals surface area contributed by atoms with Gasteiger partial charge in [-0.15, -0.1) is 0 Å². The molecule has 92 valence electrons. The van der Waals surface area contributed by atoms with Gasteiger partial charge in [0.2, 0.25) is 0 Å². The molecule has 0 heterocycles. The zero-order valence-electron chi connectivity index (χ0n) is 11.2. The summed E-state index contributed by atoms with van der Waals surface area (Å²) in [6.45, 7) is 8.22. The average Bonchev–Trinajstić information content (AvgIpc) is 2.42. The summed E-state index contributed by atoms with van der Waals surface area (Å²) in [7, 11) is 0. The van der Waals surface area contributed by atoms with Gasteiger partial charge in [-0.05, 0) is 47.6 Å². The van der Waals surface area contributed by atoms with Crippen molar-refractivity contribution < 1.29 is 0 Å². The molecule has 2 aromatic carbocycles. The molecule has 2 aromatic rings. The summed E-state index contributed by atoms with van der Waals surface area (Å²) in [5.74, 6) is 0. The second-order valence-electron chi connectivity index (χ2n) is 4.68. The maximum absolute atomic E-state index is 3.86. The van der Waals surface area contributed by atoms with E-state index >= 15 is 0 Å². The summed E-state index contributed by atoms with van der Waals surface area (Å²) in [5.41, 5.74) is 6.73. The van der Waals surface area contributed by atoms with Gasteiger partial charge in [-0.2, -0.15) is 0 Å². The van der Waals surface area contributed by atoms with Gasteiger partial charge in [-0.3, -0.25) is 0 Å². The predicted octanol–water partition coefficient (Wildman–Crippen LogP) is 4.79. The van der Waals surface area contributed by atoms with Crippen molar-refractivity contribution in [3.8, 4) is 0 Å². The first-order valence-electron chi connectivity index (χ1n) is 6.53. The van der Waals surface area contributed by atoms with Crippen molar-refractivity contribution >= 4 is 6.08 Å². The third-order valence-corrected chi connectivity index (χ3v) is 3.53. The molecule has 0 aliphatic rings. The third-order valence-electron chi connectivity index (χ3n) is 3.53. The summed E-state index contributed by atoms with van der Waals surface area (Å²) in [5, 5.41) is 0. The highest BCUT2D eigenvalue weighted by molar-refractivity contribution is 5.54. The Labute approximate surface area is 110 Å². The molecule has 2 rings (SSSR count). The van der Waals surface area contributed by atoms with Crippen LogP contribution >= 0.6 is 0 Å². The third kappa shape index (κ3) is 2.70. The van der Waals surface area contributed by atoms with Crippen LogP contribution in [-0.4, -0.2) is 0 Å². The van der Waals surface area contributed by atoms with Crippen molar-refractivity contribution in [2.45, 2.75) is 26.7 Å². The fourth-order valence-corrected chi connectivity index (χ4v) is 2.23. The van der Waals surface area contributed by atoms with E-state index in [0.29, 0.717) is 0 Å². The van der Waals surface area contributed by atoms with Crippen LogP contribution in [0.3, 0.4) is 0 Å². The highest BCUT2D eigenvalue weighted by Crippen LogP contribution is 2.18. The normalized spacial score (nSPS) is 10.3. The average molecular weight is 236 g/mol. The highest BCUT2D eigenvalue weighted by atomic mass is 14.1. The van der Waals surface area contributed by atoms with Gasteiger partial charge < -0.3 is 0 Å². The SMILES string of the molecule is C=Cc1cccc(Cc2ccc(CC)cc2)c1C. The van der Waals surface area contributed by atoms with E-state index in [1.54, 1.807) is 0 Å². The van der Waals surface area contributed by atoms with Gasteiger partial charge in [0.05, 0.1) is 0 Å². The summed E-state index contributed by atoms with van der Waals surface area (Å²) < 4.78 is 0. The first-order valence-corrected chi connectivity index (χ1v) is 6.53. The molecule has 0 heteroatoms. The van der Waals surface area contributed by atoms with Gasteiger partial charge in [-0.25, -0.2) is 0 Å².